The van der Waals surface area contributed by atoms with Gasteiger partial charge in [-0.05, 0) is 18.9 Å². The monoisotopic (exact) mass is 439 g/mol. The van der Waals surface area contributed by atoms with Crippen molar-refractivity contribution in [2.24, 2.45) is 0 Å². The van der Waals surface area contributed by atoms with E-state index in [1.807, 2.05) is 13.8 Å². The quantitative estimate of drug-likeness (QED) is 0.367. The van der Waals surface area contributed by atoms with Crippen molar-refractivity contribution in [3.63, 3.8) is 0 Å². The van der Waals surface area contributed by atoms with Crippen molar-refractivity contribution in [3.8, 4) is 0 Å². The summed E-state index contributed by atoms with van der Waals surface area (Å²) in [6, 6.07) is 1.39. The fraction of sp³-hybridized carbons (Fsp3) is 0.714. The molecule has 1 fully saturated rings. The zero-order valence-corrected chi connectivity index (χ0v) is 18.2. The van der Waals surface area contributed by atoms with Crippen LogP contribution in [-0.4, -0.2) is 51.5 Å². The molecule has 174 valence electrons. The van der Waals surface area contributed by atoms with Crippen LogP contribution in [0.1, 0.15) is 71.4 Å². The Kier molecular flexibility index (Phi) is 9.93. The summed E-state index contributed by atoms with van der Waals surface area (Å²) in [5.74, 6) is -0.844. The molecule has 1 saturated heterocycles. The van der Waals surface area contributed by atoms with E-state index < -0.39 is 42.2 Å². The Labute approximate surface area is 181 Å². The first-order valence-electron chi connectivity index (χ1n) is 10.9. The van der Waals surface area contributed by atoms with Gasteiger partial charge in [0.1, 0.15) is 24.6 Å². The summed E-state index contributed by atoms with van der Waals surface area (Å²) in [4.78, 5) is 40.0. The molecule has 10 heteroatoms. The van der Waals surface area contributed by atoms with Crippen LogP contribution in [0.5, 0.6) is 0 Å². The molecule has 1 aromatic rings. The van der Waals surface area contributed by atoms with Gasteiger partial charge < -0.3 is 25.1 Å². The molecule has 1 aromatic heterocycles. The van der Waals surface area contributed by atoms with Crippen molar-refractivity contribution in [1.29, 1.82) is 0 Å². The molecule has 2 rings (SSSR count). The predicted molar refractivity (Wildman–Crippen MR) is 112 cm³/mol. The molecule has 0 bridgehead atoms. The molecule has 10 nitrogen and oxygen atoms in total. The normalized spacial score (nSPS) is 22.9. The zero-order chi connectivity index (χ0) is 22.8. The van der Waals surface area contributed by atoms with Gasteiger partial charge in [-0.2, -0.15) is 4.98 Å². The summed E-state index contributed by atoms with van der Waals surface area (Å²) >= 11 is 0. The molecule has 3 N–H and O–H groups in total. The van der Waals surface area contributed by atoms with Crippen LogP contribution in [0.2, 0.25) is 0 Å². The topological polar surface area (TPSA) is 143 Å². The van der Waals surface area contributed by atoms with Crippen LogP contribution in [-0.2, 0) is 23.8 Å². The predicted octanol–water partition coefficient (Wildman–Crippen LogP) is 1.70. The Morgan fingerprint density at radius 3 is 2.42 bits per heavy atom. The maximum absolute atomic E-state index is 12.2. The summed E-state index contributed by atoms with van der Waals surface area (Å²) in [7, 11) is 0. The zero-order valence-electron chi connectivity index (χ0n) is 18.2. The molecular formula is C21H33N3O7. The number of hydrogen-bond acceptors (Lipinski definition) is 9. The van der Waals surface area contributed by atoms with E-state index in [1.54, 1.807) is 0 Å². The summed E-state index contributed by atoms with van der Waals surface area (Å²) in [6.45, 7) is 3.85. The minimum Gasteiger partial charge on any atom is -0.463 e. The second-order valence-corrected chi connectivity index (χ2v) is 7.65. The van der Waals surface area contributed by atoms with Crippen molar-refractivity contribution >= 4 is 17.8 Å². The van der Waals surface area contributed by atoms with Crippen LogP contribution in [0.4, 0.5) is 5.82 Å². The lowest BCUT2D eigenvalue weighted by molar-refractivity contribution is -0.160. The average molecular weight is 440 g/mol. The number of unbranched alkanes of at least 4 members (excludes halogenated alkanes) is 4. The highest BCUT2D eigenvalue weighted by Gasteiger charge is 2.48. The minimum atomic E-state index is -1.35. The number of nitrogen functional groups attached to an aromatic ring is 1. The number of nitrogens with zero attached hydrogens (tertiary/aromatic N) is 2. The second-order valence-electron chi connectivity index (χ2n) is 7.65. The number of esters is 2. The summed E-state index contributed by atoms with van der Waals surface area (Å²) in [5.41, 5.74) is 4.80. The van der Waals surface area contributed by atoms with Gasteiger partial charge in [0.05, 0.1) is 0 Å². The van der Waals surface area contributed by atoms with Crippen molar-refractivity contribution in [2.75, 3.05) is 12.3 Å². The van der Waals surface area contributed by atoms with E-state index in [9.17, 15) is 19.5 Å². The van der Waals surface area contributed by atoms with Crippen molar-refractivity contribution in [2.45, 2.75) is 89.8 Å². The highest BCUT2D eigenvalue weighted by Crippen LogP contribution is 2.31. The SMILES string of the molecule is CCCCCC(=O)OC[C@H]1O[C@@H](n2ccc(N)nc2=O)[C@@H](O)[C@@H]1OC(=O)CCCCC. The largest absolute Gasteiger partial charge is 0.463 e. The molecule has 2 heterocycles. The van der Waals surface area contributed by atoms with E-state index >= 15 is 0 Å². The lowest BCUT2D eigenvalue weighted by atomic mass is 10.1. The van der Waals surface area contributed by atoms with Crippen LogP contribution < -0.4 is 11.4 Å². The number of aliphatic hydroxyl groups is 1. The number of aromatic nitrogens is 2. The van der Waals surface area contributed by atoms with E-state index in [4.69, 9.17) is 19.9 Å². The molecule has 4 atom stereocenters. The molecule has 1 aliphatic rings. The van der Waals surface area contributed by atoms with Crippen LogP contribution in [0, 0.1) is 0 Å². The summed E-state index contributed by atoms with van der Waals surface area (Å²) in [5, 5.41) is 10.8. The van der Waals surface area contributed by atoms with Crippen LogP contribution in [0.15, 0.2) is 17.1 Å². The van der Waals surface area contributed by atoms with Gasteiger partial charge in [0.25, 0.3) is 0 Å². The third kappa shape index (κ3) is 7.32. The van der Waals surface area contributed by atoms with E-state index in [2.05, 4.69) is 4.98 Å². The van der Waals surface area contributed by atoms with Gasteiger partial charge in [-0.25, -0.2) is 4.79 Å². The molecule has 0 unspecified atom stereocenters. The molecule has 31 heavy (non-hydrogen) atoms. The van der Waals surface area contributed by atoms with Crippen LogP contribution in [0.3, 0.4) is 0 Å². The Morgan fingerprint density at radius 2 is 1.81 bits per heavy atom. The Hall–Kier alpha value is -2.46. The molecule has 0 amide bonds. The first-order valence-corrected chi connectivity index (χ1v) is 10.9. The Balaban J connectivity index is 2.09. The minimum absolute atomic E-state index is 0.0326. The molecule has 0 spiro atoms. The number of carbonyl (C=O) groups excluding carboxylic acids is 2. The van der Waals surface area contributed by atoms with E-state index in [0.717, 1.165) is 30.3 Å². The van der Waals surface area contributed by atoms with Gasteiger partial charge in [0, 0.05) is 19.0 Å². The van der Waals surface area contributed by atoms with E-state index in [0.29, 0.717) is 12.8 Å². The molecule has 0 radical (unpaired) electrons. The fourth-order valence-electron chi connectivity index (χ4n) is 3.35. The number of carbonyl (C=O) groups is 2. The first-order chi connectivity index (χ1) is 14.9. The fourth-order valence-corrected chi connectivity index (χ4v) is 3.35. The molecule has 0 saturated carbocycles. The highest BCUT2D eigenvalue weighted by molar-refractivity contribution is 5.70. The van der Waals surface area contributed by atoms with Crippen molar-refractivity contribution in [1.82, 2.24) is 9.55 Å². The number of aliphatic hydroxyl groups excluding tert-OH is 1. The van der Waals surface area contributed by atoms with Gasteiger partial charge in [0.15, 0.2) is 12.3 Å². The third-order valence-corrected chi connectivity index (χ3v) is 5.08. The molecule has 1 aliphatic heterocycles. The lowest BCUT2D eigenvalue weighted by Crippen LogP contribution is -2.39. The number of ether oxygens (including phenoxy) is 3. The maximum atomic E-state index is 12.2. The Bertz CT molecular complexity index is 782. The maximum Gasteiger partial charge on any atom is 0.351 e. The number of hydrogen-bond donors (Lipinski definition) is 2. The summed E-state index contributed by atoms with van der Waals surface area (Å²) < 4.78 is 17.6. The third-order valence-electron chi connectivity index (χ3n) is 5.08. The van der Waals surface area contributed by atoms with Crippen molar-refractivity contribution in [3.05, 3.63) is 22.7 Å². The van der Waals surface area contributed by atoms with Crippen molar-refractivity contribution < 1.29 is 28.9 Å². The second kappa shape index (κ2) is 12.4. The van der Waals surface area contributed by atoms with E-state index in [1.165, 1.54) is 12.3 Å². The standard InChI is InChI=1S/C21H33N3O7/c1-3-5-7-9-16(25)29-13-14-19(31-17(26)10-8-6-4-2)18(27)20(30-14)24-12-11-15(22)23-21(24)28/h11-12,14,18-20,27H,3-10,13H2,1-2H3,(H2,22,23,28)/t14-,18+,19-,20-/m1/s1. The molecule has 0 aromatic carbocycles. The number of anilines is 1. The average Bonchev–Trinajstić information content (AvgIpc) is 3.02. The smallest absolute Gasteiger partial charge is 0.351 e. The van der Waals surface area contributed by atoms with E-state index in [-0.39, 0.29) is 25.3 Å². The Morgan fingerprint density at radius 1 is 1.16 bits per heavy atom. The van der Waals surface area contributed by atoms with Gasteiger partial charge >= 0.3 is 17.6 Å². The lowest BCUT2D eigenvalue weighted by Gasteiger charge is -2.21. The molecular weight excluding hydrogens is 406 g/mol. The summed E-state index contributed by atoms with van der Waals surface area (Å²) in [6.07, 6.45) is 2.42. The highest BCUT2D eigenvalue weighted by atomic mass is 16.6. The number of rotatable bonds is 12. The first kappa shape index (κ1) is 24.8. The molecule has 0 aliphatic carbocycles. The van der Waals surface area contributed by atoms with Gasteiger partial charge in [0.2, 0.25) is 0 Å². The van der Waals surface area contributed by atoms with Crippen LogP contribution >= 0.6 is 0 Å². The van der Waals surface area contributed by atoms with Gasteiger partial charge in [-0.3, -0.25) is 14.2 Å². The van der Waals surface area contributed by atoms with Gasteiger partial charge in [-0.1, -0.05) is 39.5 Å². The van der Waals surface area contributed by atoms with Gasteiger partial charge in [-0.15, -0.1) is 0 Å². The number of nitrogens with two attached hydrogens (primary N) is 1. The van der Waals surface area contributed by atoms with Crippen LogP contribution in [0.25, 0.3) is 0 Å².